The first kappa shape index (κ1) is 15.4. The molecule has 0 aromatic heterocycles. The van der Waals surface area contributed by atoms with Gasteiger partial charge in [0.25, 0.3) is 5.91 Å². The van der Waals surface area contributed by atoms with Crippen LogP contribution in [0.4, 0.5) is 11.4 Å². The summed E-state index contributed by atoms with van der Waals surface area (Å²) in [5, 5.41) is 2.78. The number of cyclic esters (lactones) is 1. The van der Waals surface area contributed by atoms with E-state index in [1.807, 2.05) is 41.3 Å². The van der Waals surface area contributed by atoms with E-state index in [0.717, 1.165) is 25.1 Å². The zero-order valence-electron chi connectivity index (χ0n) is 13.7. The van der Waals surface area contributed by atoms with Crippen molar-refractivity contribution >= 4 is 23.3 Å². The van der Waals surface area contributed by atoms with E-state index in [2.05, 4.69) is 11.4 Å². The number of para-hydroxylation sites is 2. The van der Waals surface area contributed by atoms with Crippen molar-refractivity contribution in [2.24, 2.45) is 0 Å². The molecule has 4 rings (SSSR count). The summed E-state index contributed by atoms with van der Waals surface area (Å²) in [4.78, 5) is 26.9. The predicted octanol–water partition coefficient (Wildman–Crippen LogP) is 2.89. The Morgan fingerprint density at radius 2 is 1.80 bits per heavy atom. The van der Waals surface area contributed by atoms with Crippen molar-refractivity contribution in [3.63, 3.8) is 0 Å². The Balaban J connectivity index is 1.70. The normalized spacial score (nSPS) is 16.5. The summed E-state index contributed by atoms with van der Waals surface area (Å²) < 4.78 is 5.19. The molecule has 2 aromatic rings. The zero-order chi connectivity index (χ0) is 17.2. The number of nitrogens with zero attached hydrogens (tertiary/aromatic N) is 1. The molecular formula is C20H18N2O3. The maximum atomic E-state index is 12.7. The lowest BCUT2D eigenvalue weighted by molar-refractivity contribution is -0.137. The highest BCUT2D eigenvalue weighted by atomic mass is 16.5. The number of benzene rings is 2. The molecule has 0 unspecified atom stereocenters. The Labute approximate surface area is 145 Å². The van der Waals surface area contributed by atoms with Gasteiger partial charge in [-0.05, 0) is 36.6 Å². The van der Waals surface area contributed by atoms with Crippen LogP contribution in [0.3, 0.4) is 0 Å². The van der Waals surface area contributed by atoms with Gasteiger partial charge in [0.2, 0.25) is 0 Å². The first-order valence-electron chi connectivity index (χ1n) is 8.36. The molecular weight excluding hydrogens is 316 g/mol. The molecule has 0 spiro atoms. The highest BCUT2D eigenvalue weighted by Gasteiger charge is 2.35. The van der Waals surface area contributed by atoms with Gasteiger partial charge in [0.15, 0.2) is 0 Å². The third kappa shape index (κ3) is 2.89. The summed E-state index contributed by atoms with van der Waals surface area (Å²) in [6.45, 7) is 0.899. The third-order valence-electron chi connectivity index (χ3n) is 4.53. The Kier molecular flexibility index (Phi) is 3.98. The molecule has 5 heteroatoms. The van der Waals surface area contributed by atoms with Crippen LogP contribution < -0.4 is 10.2 Å². The number of amides is 1. The highest BCUT2D eigenvalue weighted by Crippen LogP contribution is 2.33. The van der Waals surface area contributed by atoms with E-state index in [4.69, 9.17) is 4.74 Å². The fourth-order valence-electron chi connectivity index (χ4n) is 3.36. The maximum Gasteiger partial charge on any atom is 0.346 e. The molecule has 1 N–H and O–H groups in total. The van der Waals surface area contributed by atoms with Gasteiger partial charge in [-0.1, -0.05) is 36.4 Å². The SMILES string of the molecule is O=C(Nc1ccccc1)C1=C(N2CCCc3ccccc32)COC1=O. The lowest BCUT2D eigenvalue weighted by atomic mass is 10.0. The third-order valence-corrected chi connectivity index (χ3v) is 4.53. The molecule has 2 aliphatic heterocycles. The molecule has 0 saturated carbocycles. The van der Waals surface area contributed by atoms with Crippen molar-refractivity contribution in [1.29, 1.82) is 0 Å². The van der Waals surface area contributed by atoms with Gasteiger partial charge >= 0.3 is 5.97 Å². The summed E-state index contributed by atoms with van der Waals surface area (Å²) in [7, 11) is 0. The second-order valence-corrected chi connectivity index (χ2v) is 6.10. The Bertz CT molecular complexity index is 858. The van der Waals surface area contributed by atoms with Crippen LogP contribution in [0.2, 0.25) is 0 Å². The van der Waals surface area contributed by atoms with Crippen molar-refractivity contribution in [3.05, 3.63) is 71.4 Å². The minimum atomic E-state index is -0.563. The Hall–Kier alpha value is -3.08. The first-order chi connectivity index (χ1) is 12.2. The molecule has 2 aromatic carbocycles. The average Bonchev–Trinajstić information content (AvgIpc) is 3.03. The number of carbonyl (C=O) groups is 2. The van der Waals surface area contributed by atoms with E-state index in [-0.39, 0.29) is 12.2 Å². The Morgan fingerprint density at radius 3 is 2.64 bits per heavy atom. The molecule has 126 valence electrons. The lowest BCUT2D eigenvalue weighted by Crippen LogP contribution is -2.32. The van der Waals surface area contributed by atoms with Gasteiger partial charge in [-0.3, -0.25) is 4.79 Å². The highest BCUT2D eigenvalue weighted by molar-refractivity contribution is 6.23. The van der Waals surface area contributed by atoms with Crippen LogP contribution >= 0.6 is 0 Å². The number of nitrogens with one attached hydrogen (secondary N) is 1. The van der Waals surface area contributed by atoms with Gasteiger partial charge in [0, 0.05) is 17.9 Å². The first-order valence-corrected chi connectivity index (χ1v) is 8.36. The summed E-state index contributed by atoms with van der Waals surface area (Å²) in [5.74, 6) is -0.988. The fourth-order valence-corrected chi connectivity index (χ4v) is 3.36. The molecule has 2 heterocycles. The zero-order valence-corrected chi connectivity index (χ0v) is 13.7. The van der Waals surface area contributed by atoms with Crippen molar-refractivity contribution < 1.29 is 14.3 Å². The van der Waals surface area contributed by atoms with E-state index in [1.165, 1.54) is 5.56 Å². The number of carbonyl (C=O) groups excluding carboxylic acids is 2. The topological polar surface area (TPSA) is 58.6 Å². The van der Waals surface area contributed by atoms with Crippen LogP contribution in [0.15, 0.2) is 65.9 Å². The van der Waals surface area contributed by atoms with Gasteiger partial charge in [-0.15, -0.1) is 0 Å². The minimum Gasteiger partial charge on any atom is -0.455 e. The molecule has 2 aliphatic rings. The van der Waals surface area contributed by atoms with Crippen molar-refractivity contribution in [3.8, 4) is 0 Å². The smallest absolute Gasteiger partial charge is 0.346 e. The monoisotopic (exact) mass is 334 g/mol. The van der Waals surface area contributed by atoms with Crippen molar-refractivity contribution in [2.75, 3.05) is 23.4 Å². The van der Waals surface area contributed by atoms with E-state index in [9.17, 15) is 9.59 Å². The number of aryl methyl sites for hydroxylation is 1. The molecule has 0 aliphatic carbocycles. The number of anilines is 2. The largest absolute Gasteiger partial charge is 0.455 e. The van der Waals surface area contributed by atoms with Gasteiger partial charge in [0.1, 0.15) is 12.2 Å². The minimum absolute atomic E-state index is 0.0977. The van der Waals surface area contributed by atoms with Gasteiger partial charge in [-0.2, -0.15) is 0 Å². The summed E-state index contributed by atoms with van der Waals surface area (Å²) >= 11 is 0. The van der Waals surface area contributed by atoms with Gasteiger partial charge in [0.05, 0.1) is 5.70 Å². The molecule has 1 amide bonds. The lowest BCUT2D eigenvalue weighted by Gasteiger charge is -2.31. The average molecular weight is 334 g/mol. The molecule has 0 atom stereocenters. The molecule has 5 nitrogen and oxygen atoms in total. The van der Waals surface area contributed by atoms with Crippen LogP contribution in [0.5, 0.6) is 0 Å². The van der Waals surface area contributed by atoms with E-state index in [1.54, 1.807) is 12.1 Å². The molecule has 0 radical (unpaired) electrons. The number of hydrogen-bond donors (Lipinski definition) is 1. The number of esters is 1. The van der Waals surface area contributed by atoms with Crippen molar-refractivity contribution in [1.82, 2.24) is 0 Å². The van der Waals surface area contributed by atoms with Crippen LogP contribution in [-0.4, -0.2) is 25.0 Å². The second-order valence-electron chi connectivity index (χ2n) is 6.10. The fraction of sp³-hybridized carbons (Fsp3) is 0.200. The second kappa shape index (κ2) is 6.43. The van der Waals surface area contributed by atoms with Crippen LogP contribution in [-0.2, 0) is 20.7 Å². The molecule has 0 fully saturated rings. The van der Waals surface area contributed by atoms with E-state index in [0.29, 0.717) is 11.4 Å². The number of hydrogen-bond acceptors (Lipinski definition) is 4. The standard InChI is InChI=1S/C20H18N2O3/c23-19(21-15-9-2-1-3-10-15)18-17(13-25-20(18)24)22-12-6-8-14-7-4-5-11-16(14)22/h1-5,7,9-11H,6,8,12-13H2,(H,21,23). The van der Waals surface area contributed by atoms with Crippen LogP contribution in [0, 0.1) is 0 Å². The van der Waals surface area contributed by atoms with E-state index >= 15 is 0 Å². The van der Waals surface area contributed by atoms with E-state index < -0.39 is 11.9 Å². The quantitative estimate of drug-likeness (QED) is 0.693. The molecule has 25 heavy (non-hydrogen) atoms. The Morgan fingerprint density at radius 1 is 1.04 bits per heavy atom. The van der Waals surface area contributed by atoms with Crippen LogP contribution in [0.1, 0.15) is 12.0 Å². The number of fused-ring (bicyclic) bond motifs is 1. The van der Waals surface area contributed by atoms with Crippen LogP contribution in [0.25, 0.3) is 0 Å². The number of ether oxygens (including phenoxy) is 1. The summed E-state index contributed by atoms with van der Waals surface area (Å²) in [6, 6.07) is 17.2. The maximum absolute atomic E-state index is 12.7. The van der Waals surface area contributed by atoms with Gasteiger partial charge < -0.3 is 15.0 Å². The van der Waals surface area contributed by atoms with Gasteiger partial charge in [-0.25, -0.2) is 4.79 Å². The summed E-state index contributed by atoms with van der Waals surface area (Å²) in [5.41, 5.74) is 3.67. The predicted molar refractivity (Wildman–Crippen MR) is 95.2 cm³/mol. The number of rotatable bonds is 3. The van der Waals surface area contributed by atoms with Crippen molar-refractivity contribution in [2.45, 2.75) is 12.8 Å². The summed E-state index contributed by atoms with van der Waals surface area (Å²) in [6.07, 6.45) is 1.97. The molecule has 0 bridgehead atoms. The molecule has 0 saturated heterocycles.